The first-order valence-electron chi connectivity index (χ1n) is 9.15. The first kappa shape index (κ1) is 22.5. The summed E-state index contributed by atoms with van der Waals surface area (Å²) in [7, 11) is 1.98. The Balaban J connectivity index is 0.00000338. The summed E-state index contributed by atoms with van der Waals surface area (Å²) in [6, 6.07) is 9.79. The lowest BCUT2D eigenvalue weighted by Crippen LogP contribution is -2.41. The molecule has 0 unspecified atom stereocenters. The molecule has 0 bridgehead atoms. The molecule has 0 radical (unpaired) electrons. The zero-order valence-electron chi connectivity index (χ0n) is 15.8. The van der Waals surface area contributed by atoms with E-state index < -0.39 is 0 Å². The molecule has 1 aromatic rings. The van der Waals surface area contributed by atoms with Crippen molar-refractivity contribution in [3.05, 3.63) is 30.3 Å². The van der Waals surface area contributed by atoms with Gasteiger partial charge in [-0.25, -0.2) is 0 Å². The Morgan fingerprint density at radius 2 is 1.96 bits per heavy atom. The van der Waals surface area contributed by atoms with Crippen molar-refractivity contribution in [2.75, 3.05) is 46.4 Å². The number of nitrogens with one attached hydrogen (secondary N) is 1. The minimum atomic E-state index is 0. The molecule has 1 heterocycles. The molecule has 1 aromatic carbocycles. The van der Waals surface area contributed by atoms with Gasteiger partial charge < -0.3 is 19.9 Å². The molecular formula is C19H31IN4O2. The van der Waals surface area contributed by atoms with Crippen LogP contribution >= 0.6 is 24.0 Å². The molecule has 7 heteroatoms. The number of ether oxygens (including phenoxy) is 1. The van der Waals surface area contributed by atoms with Gasteiger partial charge >= 0.3 is 0 Å². The van der Waals surface area contributed by atoms with Gasteiger partial charge in [-0.05, 0) is 31.9 Å². The van der Waals surface area contributed by atoms with Gasteiger partial charge in [-0.2, -0.15) is 0 Å². The van der Waals surface area contributed by atoms with E-state index in [1.54, 1.807) is 0 Å². The first-order valence-corrected chi connectivity index (χ1v) is 9.15. The van der Waals surface area contributed by atoms with Crippen LogP contribution in [0.3, 0.4) is 0 Å². The monoisotopic (exact) mass is 474 g/mol. The fourth-order valence-corrected chi connectivity index (χ4v) is 2.77. The van der Waals surface area contributed by atoms with Crippen LogP contribution in [0.1, 0.15) is 26.2 Å². The molecule has 1 amide bonds. The fraction of sp³-hybridized carbons (Fsp3) is 0.579. The Bertz CT molecular complexity index is 548. The van der Waals surface area contributed by atoms with E-state index >= 15 is 0 Å². The lowest BCUT2D eigenvalue weighted by atomic mass is 10.3. The van der Waals surface area contributed by atoms with Gasteiger partial charge in [-0.1, -0.05) is 18.2 Å². The number of guanidine groups is 1. The summed E-state index contributed by atoms with van der Waals surface area (Å²) in [5.41, 5.74) is 0. The number of nitrogens with zero attached hydrogens (tertiary/aromatic N) is 3. The highest BCUT2D eigenvalue weighted by Gasteiger charge is 2.17. The topological polar surface area (TPSA) is 57.2 Å². The summed E-state index contributed by atoms with van der Waals surface area (Å²) in [6.07, 6.45) is 2.73. The predicted octanol–water partition coefficient (Wildman–Crippen LogP) is 2.59. The van der Waals surface area contributed by atoms with Gasteiger partial charge in [0.25, 0.3) is 0 Å². The average molecular weight is 474 g/mol. The van der Waals surface area contributed by atoms with E-state index in [1.807, 2.05) is 54.1 Å². The molecule has 0 aliphatic carbocycles. The molecule has 2 rings (SSSR count). The van der Waals surface area contributed by atoms with E-state index in [0.717, 1.165) is 50.7 Å². The molecule has 1 fully saturated rings. The molecule has 1 aliphatic rings. The highest BCUT2D eigenvalue weighted by Crippen LogP contribution is 2.09. The van der Waals surface area contributed by atoms with Gasteiger partial charge in [0, 0.05) is 33.1 Å². The number of para-hydroxylation sites is 1. The third kappa shape index (κ3) is 7.80. The Morgan fingerprint density at radius 1 is 1.27 bits per heavy atom. The number of rotatable bonds is 8. The summed E-state index contributed by atoms with van der Waals surface area (Å²) in [4.78, 5) is 20.6. The highest BCUT2D eigenvalue weighted by atomic mass is 127. The molecule has 0 atom stereocenters. The van der Waals surface area contributed by atoms with Gasteiger partial charge in [0.1, 0.15) is 12.4 Å². The lowest BCUT2D eigenvalue weighted by molar-refractivity contribution is -0.129. The second kappa shape index (κ2) is 12.8. The largest absolute Gasteiger partial charge is 0.492 e. The Morgan fingerprint density at radius 3 is 2.62 bits per heavy atom. The SMILES string of the molecule is CCNC(=NCCC(=O)N1CCCC1)N(C)CCOc1ccccc1.I. The second-order valence-corrected chi connectivity index (χ2v) is 6.16. The van der Waals surface area contributed by atoms with Crippen molar-refractivity contribution in [2.45, 2.75) is 26.2 Å². The quantitative estimate of drug-likeness (QED) is 0.358. The van der Waals surface area contributed by atoms with Crippen LogP contribution in [0, 0.1) is 0 Å². The normalized spacial score (nSPS) is 13.9. The van der Waals surface area contributed by atoms with E-state index in [9.17, 15) is 4.79 Å². The zero-order valence-corrected chi connectivity index (χ0v) is 18.1. The van der Waals surface area contributed by atoms with Crippen LogP contribution in [0.25, 0.3) is 0 Å². The van der Waals surface area contributed by atoms with Crippen LogP contribution in [0.4, 0.5) is 0 Å². The Hall–Kier alpha value is -1.51. The van der Waals surface area contributed by atoms with Crippen LogP contribution in [0.5, 0.6) is 5.75 Å². The minimum absolute atomic E-state index is 0. The maximum absolute atomic E-state index is 12.1. The van der Waals surface area contributed by atoms with Crippen LogP contribution in [-0.4, -0.2) is 68.0 Å². The number of aliphatic imine (C=N–C) groups is 1. The Labute approximate surface area is 174 Å². The number of carbonyl (C=O) groups excluding carboxylic acids is 1. The van der Waals surface area contributed by atoms with Crippen molar-refractivity contribution in [2.24, 2.45) is 4.99 Å². The molecule has 0 aromatic heterocycles. The molecular weight excluding hydrogens is 443 g/mol. The number of likely N-dealkylation sites (tertiary alicyclic amines) is 1. The van der Waals surface area contributed by atoms with Crippen molar-refractivity contribution >= 4 is 35.8 Å². The summed E-state index contributed by atoms with van der Waals surface area (Å²) < 4.78 is 5.73. The lowest BCUT2D eigenvalue weighted by Gasteiger charge is -2.22. The standard InChI is InChI=1S/C19H30N4O2.HI/c1-3-20-19(21-12-11-18(24)23-13-7-8-14-23)22(2)15-16-25-17-9-5-4-6-10-17;/h4-6,9-10H,3,7-8,11-16H2,1-2H3,(H,20,21);1H. The van der Waals surface area contributed by atoms with Crippen LogP contribution in [-0.2, 0) is 4.79 Å². The van der Waals surface area contributed by atoms with E-state index in [0.29, 0.717) is 19.6 Å². The van der Waals surface area contributed by atoms with Gasteiger partial charge in [-0.15, -0.1) is 24.0 Å². The highest BCUT2D eigenvalue weighted by molar-refractivity contribution is 14.0. The van der Waals surface area contributed by atoms with Crippen molar-refractivity contribution < 1.29 is 9.53 Å². The van der Waals surface area contributed by atoms with Crippen LogP contribution in [0.15, 0.2) is 35.3 Å². The van der Waals surface area contributed by atoms with Crippen molar-refractivity contribution in [1.82, 2.24) is 15.1 Å². The summed E-state index contributed by atoms with van der Waals surface area (Å²) in [6.45, 7) is 6.46. The molecule has 146 valence electrons. The third-order valence-electron chi connectivity index (χ3n) is 4.18. The molecule has 0 spiro atoms. The Kier molecular flexibility index (Phi) is 11.1. The molecule has 6 nitrogen and oxygen atoms in total. The van der Waals surface area contributed by atoms with Gasteiger partial charge in [-0.3, -0.25) is 9.79 Å². The van der Waals surface area contributed by atoms with Crippen molar-refractivity contribution in [3.8, 4) is 5.75 Å². The van der Waals surface area contributed by atoms with E-state index in [1.165, 1.54) is 0 Å². The van der Waals surface area contributed by atoms with E-state index in [2.05, 4.69) is 10.3 Å². The number of hydrogen-bond acceptors (Lipinski definition) is 3. The smallest absolute Gasteiger partial charge is 0.224 e. The zero-order chi connectivity index (χ0) is 17.9. The second-order valence-electron chi connectivity index (χ2n) is 6.16. The average Bonchev–Trinajstić information content (AvgIpc) is 3.16. The van der Waals surface area contributed by atoms with Crippen LogP contribution < -0.4 is 10.1 Å². The number of likely N-dealkylation sites (N-methyl/N-ethyl adjacent to an activating group) is 1. The van der Waals surface area contributed by atoms with Gasteiger partial charge in [0.15, 0.2) is 5.96 Å². The number of amides is 1. The molecule has 26 heavy (non-hydrogen) atoms. The summed E-state index contributed by atoms with van der Waals surface area (Å²) in [5, 5.41) is 3.27. The molecule has 1 saturated heterocycles. The van der Waals surface area contributed by atoms with Crippen molar-refractivity contribution in [3.63, 3.8) is 0 Å². The number of hydrogen-bond donors (Lipinski definition) is 1. The maximum atomic E-state index is 12.1. The maximum Gasteiger partial charge on any atom is 0.224 e. The number of benzene rings is 1. The first-order chi connectivity index (χ1) is 12.2. The fourth-order valence-electron chi connectivity index (χ4n) is 2.77. The van der Waals surface area contributed by atoms with Gasteiger partial charge in [0.2, 0.25) is 5.91 Å². The molecule has 0 saturated carbocycles. The third-order valence-corrected chi connectivity index (χ3v) is 4.18. The number of halogens is 1. The van der Waals surface area contributed by atoms with Crippen LogP contribution in [0.2, 0.25) is 0 Å². The van der Waals surface area contributed by atoms with E-state index in [-0.39, 0.29) is 29.9 Å². The summed E-state index contributed by atoms with van der Waals surface area (Å²) >= 11 is 0. The minimum Gasteiger partial charge on any atom is -0.492 e. The van der Waals surface area contributed by atoms with E-state index in [4.69, 9.17) is 4.74 Å². The predicted molar refractivity (Wildman–Crippen MR) is 116 cm³/mol. The molecule has 1 aliphatic heterocycles. The summed E-state index contributed by atoms with van der Waals surface area (Å²) in [5.74, 6) is 1.90. The molecule has 1 N–H and O–H groups in total. The van der Waals surface area contributed by atoms with Crippen molar-refractivity contribution in [1.29, 1.82) is 0 Å². The van der Waals surface area contributed by atoms with Gasteiger partial charge in [0.05, 0.1) is 13.1 Å². The number of carbonyl (C=O) groups is 1.